The van der Waals surface area contributed by atoms with Gasteiger partial charge < -0.3 is 34.9 Å². The molecule has 1 fully saturated rings. The average molecular weight is 751 g/mol. The summed E-state index contributed by atoms with van der Waals surface area (Å²) in [5.74, 6) is -0.185. The van der Waals surface area contributed by atoms with Crippen LogP contribution < -0.4 is 10.6 Å². The van der Waals surface area contributed by atoms with E-state index in [1.165, 1.54) is 4.90 Å². The molecule has 1 aliphatic rings. The predicted molar refractivity (Wildman–Crippen MR) is 202 cm³/mol. The number of amides is 3. The first-order valence-corrected chi connectivity index (χ1v) is 19.8. The second-order valence-electron chi connectivity index (χ2n) is 14.2. The van der Waals surface area contributed by atoms with E-state index < -0.39 is 23.6 Å². The highest BCUT2D eigenvalue weighted by atomic mass is 35.5. The lowest BCUT2D eigenvalue weighted by molar-refractivity contribution is -0.144. The van der Waals surface area contributed by atoms with Crippen LogP contribution in [0.1, 0.15) is 89.8 Å². The molecule has 3 amide bonds. The summed E-state index contributed by atoms with van der Waals surface area (Å²) in [6.45, 7) is 11.5. The van der Waals surface area contributed by atoms with Crippen molar-refractivity contribution < 1.29 is 33.7 Å². The van der Waals surface area contributed by atoms with Crippen LogP contribution in [0.25, 0.3) is 10.4 Å². The lowest BCUT2D eigenvalue weighted by Crippen LogP contribution is -2.57. The Kier molecular flexibility index (Phi) is 19.4. The number of thiazole rings is 1. The highest BCUT2D eigenvalue weighted by molar-refractivity contribution is 7.13. The minimum atomic E-state index is -0.844. The molecule has 1 saturated heterocycles. The van der Waals surface area contributed by atoms with Gasteiger partial charge in [-0.05, 0) is 49.1 Å². The molecule has 1 unspecified atom stereocenters. The number of unbranched alkanes of at least 4 members (excludes halogenated alkanes) is 5. The number of β-amino-alcohol motifs (C(OH)–C–C–N with tert-alkyl or cyclic N) is 1. The number of likely N-dealkylation sites (tertiary alicyclic amines) is 1. The third-order valence-corrected chi connectivity index (χ3v) is 10.1. The third kappa shape index (κ3) is 15.5. The number of aryl methyl sites for hydroxylation is 1. The van der Waals surface area contributed by atoms with E-state index in [0.717, 1.165) is 72.7 Å². The van der Waals surface area contributed by atoms with E-state index in [1.807, 2.05) is 57.5 Å². The summed E-state index contributed by atoms with van der Waals surface area (Å²) >= 11 is 7.26. The fourth-order valence-electron chi connectivity index (χ4n) is 5.87. The van der Waals surface area contributed by atoms with Gasteiger partial charge in [0.1, 0.15) is 12.1 Å². The molecule has 1 aromatic heterocycles. The Bertz CT molecular complexity index is 1320. The molecule has 51 heavy (non-hydrogen) atoms. The first-order valence-electron chi connectivity index (χ1n) is 18.4. The first kappa shape index (κ1) is 42.8. The van der Waals surface area contributed by atoms with Gasteiger partial charge in [-0.15, -0.1) is 22.9 Å². The standard InChI is InChI=1S/C38H59ClN4O7S/c1-28-34(51-27-41-28)30-15-13-29(14-16-30)25-40-36(46)32-24-31(44)26-43(32)37(47)35(38(2,3)4)42-33(45)12-8-7-11-19-49-21-23-50-22-20-48-18-10-6-5-9-17-39/h13-16,27,31-32,35,44H,5-12,17-26H2,1-4H3,(H,40,46)(H,42,45)/t31-,32+,35?/m1/s1. The molecule has 2 heterocycles. The zero-order valence-electron chi connectivity index (χ0n) is 30.9. The van der Waals surface area contributed by atoms with Crippen molar-refractivity contribution in [2.75, 3.05) is 52.1 Å². The number of benzene rings is 1. The monoisotopic (exact) mass is 750 g/mol. The number of nitrogens with one attached hydrogen (secondary N) is 2. The second kappa shape index (κ2) is 23.1. The molecule has 0 radical (unpaired) electrons. The summed E-state index contributed by atoms with van der Waals surface area (Å²) in [5, 5.41) is 16.4. The highest BCUT2D eigenvalue weighted by Gasteiger charge is 2.44. The Labute approximate surface area is 313 Å². The molecule has 3 N–H and O–H groups in total. The molecule has 0 saturated carbocycles. The molecule has 3 atom stereocenters. The van der Waals surface area contributed by atoms with Crippen LogP contribution >= 0.6 is 22.9 Å². The van der Waals surface area contributed by atoms with E-state index in [0.29, 0.717) is 46.0 Å². The number of carbonyl (C=O) groups is 3. The van der Waals surface area contributed by atoms with Crippen LogP contribution in [0.15, 0.2) is 29.8 Å². The minimum absolute atomic E-state index is 0.0386. The van der Waals surface area contributed by atoms with Crippen LogP contribution in [-0.4, -0.2) is 103 Å². The normalized spacial score (nSPS) is 16.7. The number of alkyl halides is 1. The molecule has 286 valence electrons. The van der Waals surface area contributed by atoms with Crippen molar-refractivity contribution >= 4 is 40.7 Å². The molecule has 0 spiro atoms. The maximum atomic E-state index is 13.9. The Morgan fingerprint density at radius 2 is 1.55 bits per heavy atom. The van der Waals surface area contributed by atoms with Gasteiger partial charge in [0.15, 0.2) is 0 Å². The highest BCUT2D eigenvalue weighted by Crippen LogP contribution is 2.28. The number of hydrogen-bond acceptors (Lipinski definition) is 9. The predicted octanol–water partition coefficient (Wildman–Crippen LogP) is 5.64. The summed E-state index contributed by atoms with van der Waals surface area (Å²) in [7, 11) is 0. The Morgan fingerprint density at radius 3 is 2.14 bits per heavy atom. The van der Waals surface area contributed by atoms with Crippen molar-refractivity contribution in [3.05, 3.63) is 41.0 Å². The van der Waals surface area contributed by atoms with Gasteiger partial charge in [0, 0.05) is 45.0 Å². The van der Waals surface area contributed by atoms with Gasteiger partial charge >= 0.3 is 0 Å². The first-order chi connectivity index (χ1) is 24.5. The lowest BCUT2D eigenvalue weighted by atomic mass is 9.85. The van der Waals surface area contributed by atoms with Gasteiger partial charge in [0.25, 0.3) is 0 Å². The Balaban J connectivity index is 1.34. The summed E-state index contributed by atoms with van der Waals surface area (Å²) in [5.41, 5.74) is 4.18. The number of aromatic nitrogens is 1. The van der Waals surface area contributed by atoms with Crippen molar-refractivity contribution in [1.82, 2.24) is 20.5 Å². The molecule has 0 bridgehead atoms. The number of ether oxygens (including phenoxy) is 3. The molecule has 1 aliphatic heterocycles. The van der Waals surface area contributed by atoms with Crippen LogP contribution in [0.2, 0.25) is 0 Å². The van der Waals surface area contributed by atoms with Crippen LogP contribution in [0.5, 0.6) is 0 Å². The average Bonchev–Trinajstić information content (AvgIpc) is 3.72. The molecule has 0 aliphatic carbocycles. The molecular formula is C38H59ClN4O7S. The molecule has 3 rings (SSSR count). The molecule has 13 heteroatoms. The largest absolute Gasteiger partial charge is 0.391 e. The molecule has 1 aromatic carbocycles. The topological polar surface area (TPSA) is 139 Å². The van der Waals surface area contributed by atoms with Gasteiger partial charge in [0.2, 0.25) is 17.7 Å². The molecular weight excluding hydrogens is 692 g/mol. The maximum Gasteiger partial charge on any atom is 0.246 e. The van der Waals surface area contributed by atoms with Crippen molar-refractivity contribution in [1.29, 1.82) is 0 Å². The van der Waals surface area contributed by atoms with Crippen LogP contribution in [0, 0.1) is 12.3 Å². The Hall–Kier alpha value is -2.61. The smallest absolute Gasteiger partial charge is 0.246 e. The fraction of sp³-hybridized carbons (Fsp3) is 0.684. The van der Waals surface area contributed by atoms with E-state index in [9.17, 15) is 19.5 Å². The van der Waals surface area contributed by atoms with Gasteiger partial charge in [-0.3, -0.25) is 14.4 Å². The molecule has 11 nitrogen and oxygen atoms in total. The van der Waals surface area contributed by atoms with Crippen LogP contribution in [-0.2, 0) is 35.1 Å². The van der Waals surface area contributed by atoms with E-state index in [2.05, 4.69) is 15.6 Å². The van der Waals surface area contributed by atoms with Gasteiger partial charge in [0.05, 0.1) is 48.6 Å². The van der Waals surface area contributed by atoms with Crippen molar-refractivity contribution in [3.63, 3.8) is 0 Å². The number of aliphatic hydroxyl groups is 1. The van der Waals surface area contributed by atoms with Crippen LogP contribution in [0.3, 0.4) is 0 Å². The summed E-state index contributed by atoms with van der Waals surface area (Å²) in [6.07, 6.45) is 6.30. The van der Waals surface area contributed by atoms with Crippen molar-refractivity contribution in [3.8, 4) is 10.4 Å². The number of carbonyl (C=O) groups excluding carboxylic acids is 3. The van der Waals surface area contributed by atoms with Crippen molar-refractivity contribution in [2.45, 2.75) is 110 Å². The third-order valence-electron chi connectivity index (χ3n) is 8.82. The second-order valence-corrected chi connectivity index (χ2v) is 15.4. The van der Waals surface area contributed by atoms with E-state index >= 15 is 0 Å². The van der Waals surface area contributed by atoms with E-state index in [4.69, 9.17) is 25.8 Å². The zero-order valence-corrected chi connectivity index (χ0v) is 32.5. The zero-order chi connectivity index (χ0) is 37.1. The van der Waals surface area contributed by atoms with Gasteiger partial charge in [-0.25, -0.2) is 4.98 Å². The number of halogens is 1. The quantitative estimate of drug-likeness (QED) is 0.0927. The summed E-state index contributed by atoms with van der Waals surface area (Å²) in [4.78, 5) is 47.0. The Morgan fingerprint density at radius 1 is 0.941 bits per heavy atom. The summed E-state index contributed by atoms with van der Waals surface area (Å²) < 4.78 is 16.7. The van der Waals surface area contributed by atoms with Crippen molar-refractivity contribution in [2.24, 2.45) is 5.41 Å². The van der Waals surface area contributed by atoms with E-state index in [1.54, 1.807) is 11.3 Å². The fourth-order valence-corrected chi connectivity index (χ4v) is 6.87. The SMILES string of the molecule is Cc1ncsc1-c1ccc(CNC(=O)[C@@H]2C[C@@H](O)CN2C(=O)C(NC(=O)CCCCCOCCOCCOCCCCCCCl)C(C)(C)C)cc1. The molecule has 2 aromatic rings. The maximum absolute atomic E-state index is 13.9. The van der Waals surface area contributed by atoms with Gasteiger partial charge in [-0.2, -0.15) is 0 Å². The minimum Gasteiger partial charge on any atom is -0.391 e. The van der Waals surface area contributed by atoms with E-state index in [-0.39, 0.29) is 37.1 Å². The van der Waals surface area contributed by atoms with Crippen LogP contribution in [0.4, 0.5) is 0 Å². The lowest BCUT2D eigenvalue weighted by Gasteiger charge is -2.35. The number of nitrogens with zero attached hydrogens (tertiary/aromatic N) is 2. The number of aliphatic hydroxyl groups excluding tert-OH is 1. The number of rotatable bonds is 24. The summed E-state index contributed by atoms with van der Waals surface area (Å²) in [6, 6.07) is 6.26. The number of hydrogen-bond donors (Lipinski definition) is 3. The van der Waals surface area contributed by atoms with Gasteiger partial charge in [-0.1, -0.05) is 64.3 Å².